The highest BCUT2D eigenvalue weighted by molar-refractivity contribution is 7.85. The summed E-state index contributed by atoms with van der Waals surface area (Å²) in [6, 6.07) is 10.7. The van der Waals surface area contributed by atoms with Crippen LogP contribution in [0.25, 0.3) is 0 Å². The van der Waals surface area contributed by atoms with Crippen LogP contribution in [-0.4, -0.2) is 54.5 Å². The molecule has 2 aliphatic heterocycles. The van der Waals surface area contributed by atoms with Gasteiger partial charge in [-0.3, -0.25) is 9.35 Å². The summed E-state index contributed by atoms with van der Waals surface area (Å²) in [5.74, 6) is 1.96. The largest absolute Gasteiger partial charge is 0.329 e. The van der Waals surface area contributed by atoms with Crippen LogP contribution in [0.4, 0.5) is 21.0 Å². The summed E-state index contributed by atoms with van der Waals surface area (Å²) in [5.41, 5.74) is -0.00233. The van der Waals surface area contributed by atoms with Crippen molar-refractivity contribution in [3.63, 3.8) is 0 Å². The molecule has 4 rings (SSSR count). The van der Waals surface area contributed by atoms with Gasteiger partial charge in [0, 0.05) is 24.3 Å². The van der Waals surface area contributed by atoms with Gasteiger partial charge in [0.25, 0.3) is 16.0 Å². The van der Waals surface area contributed by atoms with Crippen LogP contribution in [0.2, 0.25) is 0 Å². The van der Waals surface area contributed by atoms with Gasteiger partial charge in [0.05, 0.1) is 10.6 Å². The van der Waals surface area contributed by atoms with Gasteiger partial charge in [-0.05, 0) is 49.2 Å². The first-order valence-electron chi connectivity index (χ1n) is 10.00. The first kappa shape index (κ1) is 22.3. The average Bonchev–Trinajstić information content (AvgIpc) is 3.02. The number of benzene rings is 2. The number of rotatable bonds is 3. The van der Waals surface area contributed by atoms with Gasteiger partial charge in [-0.2, -0.15) is 8.42 Å². The number of hydrogen-bond acceptors (Lipinski definition) is 5. The number of nitrogens with one attached hydrogen (secondary N) is 2. The van der Waals surface area contributed by atoms with Crippen molar-refractivity contribution in [1.29, 1.82) is 0 Å². The van der Waals surface area contributed by atoms with Gasteiger partial charge in [-0.1, -0.05) is 18.1 Å². The van der Waals surface area contributed by atoms with Gasteiger partial charge in [0.2, 0.25) is 0 Å². The van der Waals surface area contributed by atoms with E-state index in [0.29, 0.717) is 11.3 Å². The van der Waals surface area contributed by atoms with Crippen LogP contribution in [-0.2, 0) is 14.9 Å². The molecule has 33 heavy (non-hydrogen) atoms. The SMILES string of the molecule is C#Cc1cccc(NC(=O)N2CCC3(CC2)NC(=O)N(c2cccc(S(=O)(=O)O)c2)C3=O)c1. The zero-order valence-electron chi connectivity index (χ0n) is 17.3. The van der Waals surface area contributed by atoms with Crippen molar-refractivity contribution in [2.75, 3.05) is 23.3 Å². The van der Waals surface area contributed by atoms with E-state index < -0.39 is 32.5 Å². The third kappa shape index (κ3) is 4.26. The van der Waals surface area contributed by atoms with Crippen LogP contribution >= 0.6 is 0 Å². The molecule has 1 spiro atoms. The first-order valence-corrected chi connectivity index (χ1v) is 11.4. The van der Waals surface area contributed by atoms with Crippen molar-refractivity contribution in [3.05, 3.63) is 54.1 Å². The lowest BCUT2D eigenvalue weighted by Gasteiger charge is -2.37. The van der Waals surface area contributed by atoms with E-state index in [1.54, 1.807) is 24.3 Å². The molecule has 0 aliphatic carbocycles. The summed E-state index contributed by atoms with van der Waals surface area (Å²) in [7, 11) is -4.50. The van der Waals surface area contributed by atoms with Crippen molar-refractivity contribution in [3.8, 4) is 12.3 Å². The number of amides is 5. The molecule has 170 valence electrons. The predicted octanol–water partition coefficient (Wildman–Crippen LogP) is 2.04. The minimum absolute atomic E-state index is 0.0260. The third-order valence-corrected chi connectivity index (χ3v) is 6.57. The Morgan fingerprint density at radius 1 is 1.12 bits per heavy atom. The Hall–Kier alpha value is -3.88. The fourth-order valence-corrected chi connectivity index (χ4v) is 4.48. The maximum atomic E-state index is 13.2. The lowest BCUT2D eigenvalue weighted by molar-refractivity contribution is -0.123. The van der Waals surface area contributed by atoms with Gasteiger partial charge in [-0.15, -0.1) is 6.42 Å². The van der Waals surface area contributed by atoms with Crippen LogP contribution in [0.5, 0.6) is 0 Å². The monoisotopic (exact) mass is 468 g/mol. The third-order valence-electron chi connectivity index (χ3n) is 5.72. The number of anilines is 2. The van der Waals surface area contributed by atoms with Gasteiger partial charge in [0.1, 0.15) is 5.54 Å². The van der Waals surface area contributed by atoms with Gasteiger partial charge < -0.3 is 15.5 Å². The Labute approximate surface area is 190 Å². The summed E-state index contributed by atoms with van der Waals surface area (Å²) in [6.45, 7) is 0.428. The molecule has 2 fully saturated rings. The molecule has 2 heterocycles. The van der Waals surface area contributed by atoms with E-state index >= 15 is 0 Å². The molecule has 0 bridgehead atoms. The zero-order chi connectivity index (χ0) is 23.8. The zero-order valence-corrected chi connectivity index (χ0v) is 18.1. The highest BCUT2D eigenvalue weighted by Gasteiger charge is 2.53. The Balaban J connectivity index is 1.46. The topological polar surface area (TPSA) is 136 Å². The molecule has 3 N–H and O–H groups in total. The summed E-state index contributed by atoms with van der Waals surface area (Å²) in [6.07, 6.45) is 5.75. The molecule has 2 aliphatic rings. The molecule has 0 saturated carbocycles. The molecule has 0 unspecified atom stereocenters. The highest BCUT2D eigenvalue weighted by Crippen LogP contribution is 2.33. The molecule has 0 aromatic heterocycles. The van der Waals surface area contributed by atoms with Crippen LogP contribution < -0.4 is 15.5 Å². The number of carbonyl (C=O) groups is 3. The lowest BCUT2D eigenvalue weighted by Crippen LogP contribution is -2.56. The highest BCUT2D eigenvalue weighted by atomic mass is 32.2. The number of carbonyl (C=O) groups excluding carboxylic acids is 3. The standard InChI is InChI=1S/C22H20N4O6S/c1-2-15-5-3-6-16(13-15)23-20(28)25-11-9-22(10-12-25)19(27)26(21(29)24-22)17-7-4-8-18(14-17)33(30,31)32/h1,3-8,13-14H,9-12H2,(H,23,28)(H,24,29)(H,30,31,32). The summed E-state index contributed by atoms with van der Waals surface area (Å²) in [5, 5.41) is 5.46. The first-order chi connectivity index (χ1) is 15.6. The maximum absolute atomic E-state index is 13.2. The molecule has 0 atom stereocenters. The average molecular weight is 468 g/mol. The number of imide groups is 1. The lowest BCUT2D eigenvalue weighted by atomic mass is 9.87. The predicted molar refractivity (Wildman–Crippen MR) is 119 cm³/mol. The van der Waals surface area contributed by atoms with Crippen molar-refractivity contribution in [1.82, 2.24) is 10.2 Å². The van der Waals surface area contributed by atoms with E-state index in [4.69, 9.17) is 6.42 Å². The number of piperidine rings is 1. The quantitative estimate of drug-likeness (QED) is 0.358. The minimum Gasteiger partial charge on any atom is -0.324 e. The minimum atomic E-state index is -4.50. The number of nitrogens with zero attached hydrogens (tertiary/aromatic N) is 2. The second-order valence-corrected chi connectivity index (χ2v) is 9.19. The van der Waals surface area contributed by atoms with Crippen LogP contribution in [0.3, 0.4) is 0 Å². The van der Waals surface area contributed by atoms with Crippen molar-refractivity contribution >= 4 is 39.5 Å². The summed E-state index contributed by atoms with van der Waals surface area (Å²) >= 11 is 0. The fourth-order valence-electron chi connectivity index (χ4n) is 3.96. The fraction of sp³-hybridized carbons (Fsp3) is 0.227. The molecule has 11 heteroatoms. The van der Waals surface area contributed by atoms with Gasteiger partial charge in [0.15, 0.2) is 0 Å². The maximum Gasteiger partial charge on any atom is 0.329 e. The molecule has 2 saturated heterocycles. The van der Waals surface area contributed by atoms with E-state index in [0.717, 1.165) is 17.0 Å². The Kier molecular flexibility index (Phi) is 5.57. The van der Waals surface area contributed by atoms with E-state index in [2.05, 4.69) is 16.6 Å². The van der Waals surface area contributed by atoms with Crippen LogP contribution in [0.1, 0.15) is 18.4 Å². The summed E-state index contributed by atoms with van der Waals surface area (Å²) < 4.78 is 32.1. The van der Waals surface area contributed by atoms with Gasteiger partial charge >= 0.3 is 12.1 Å². The van der Waals surface area contributed by atoms with Crippen LogP contribution in [0.15, 0.2) is 53.4 Å². The molecular formula is C22H20N4O6S. The molecular weight excluding hydrogens is 448 g/mol. The molecule has 2 aromatic carbocycles. The normalized spacial score (nSPS) is 17.6. The number of urea groups is 2. The Morgan fingerprint density at radius 3 is 2.48 bits per heavy atom. The molecule has 10 nitrogen and oxygen atoms in total. The summed E-state index contributed by atoms with van der Waals surface area (Å²) in [4.78, 5) is 40.4. The Morgan fingerprint density at radius 2 is 1.82 bits per heavy atom. The number of hydrogen-bond donors (Lipinski definition) is 3. The van der Waals surface area contributed by atoms with Crippen molar-refractivity contribution in [2.24, 2.45) is 0 Å². The molecule has 2 aromatic rings. The number of likely N-dealkylation sites (tertiary alicyclic amines) is 1. The van der Waals surface area contributed by atoms with E-state index in [-0.39, 0.29) is 37.6 Å². The van der Waals surface area contributed by atoms with Crippen molar-refractivity contribution in [2.45, 2.75) is 23.3 Å². The molecule has 0 radical (unpaired) electrons. The smallest absolute Gasteiger partial charge is 0.324 e. The van der Waals surface area contributed by atoms with E-state index in [9.17, 15) is 27.4 Å². The van der Waals surface area contributed by atoms with E-state index in [1.807, 2.05) is 0 Å². The molecule has 5 amide bonds. The second-order valence-electron chi connectivity index (χ2n) is 7.77. The second kappa shape index (κ2) is 8.23. The van der Waals surface area contributed by atoms with E-state index in [1.165, 1.54) is 17.0 Å². The van der Waals surface area contributed by atoms with Crippen molar-refractivity contribution < 1.29 is 27.4 Å². The number of terminal acetylenes is 1. The van der Waals surface area contributed by atoms with Gasteiger partial charge in [-0.25, -0.2) is 14.5 Å². The Bertz CT molecular complexity index is 1290. The van der Waals surface area contributed by atoms with Crippen LogP contribution in [0, 0.1) is 12.3 Å².